The van der Waals surface area contributed by atoms with Gasteiger partial charge in [-0.25, -0.2) is 8.78 Å². The molecule has 0 bridgehead atoms. The monoisotopic (exact) mass is 334 g/mol. The van der Waals surface area contributed by atoms with Crippen molar-refractivity contribution in [1.29, 1.82) is 0 Å². The predicted octanol–water partition coefficient (Wildman–Crippen LogP) is 3.43. The molecule has 0 radical (unpaired) electrons. The Morgan fingerprint density at radius 3 is 2.42 bits per heavy atom. The van der Waals surface area contributed by atoms with Gasteiger partial charge < -0.3 is 10.1 Å². The minimum absolute atomic E-state index is 0.431. The zero-order valence-electron chi connectivity index (χ0n) is 13.8. The minimum atomic E-state index is -0.803. The Labute approximate surface area is 140 Å². The molecule has 0 heterocycles. The number of likely N-dealkylation sites (N-methyl/N-ethyl adjacent to an activating group) is 1. The number of halogens is 2. The highest BCUT2D eigenvalue weighted by molar-refractivity contribution is 5.94. The molecular formula is C18H20F2N2O2. The van der Waals surface area contributed by atoms with E-state index in [0.717, 1.165) is 23.4 Å². The Balaban J connectivity index is 2.07. The van der Waals surface area contributed by atoms with Gasteiger partial charge >= 0.3 is 0 Å². The van der Waals surface area contributed by atoms with E-state index in [1.165, 1.54) is 6.07 Å². The number of hydrogen-bond acceptors (Lipinski definition) is 3. The summed E-state index contributed by atoms with van der Waals surface area (Å²) in [5.74, 6) is -1.38. The van der Waals surface area contributed by atoms with Gasteiger partial charge in [0.15, 0.2) is 0 Å². The summed E-state index contributed by atoms with van der Waals surface area (Å²) in [7, 11) is 3.34. The van der Waals surface area contributed by atoms with Crippen LogP contribution < -0.4 is 10.1 Å². The lowest BCUT2D eigenvalue weighted by Crippen LogP contribution is -2.39. The lowest BCUT2D eigenvalue weighted by molar-refractivity contribution is -0.120. The first-order chi connectivity index (χ1) is 11.4. The van der Waals surface area contributed by atoms with Crippen molar-refractivity contribution in [2.45, 2.75) is 19.5 Å². The molecule has 1 unspecified atom stereocenters. The van der Waals surface area contributed by atoms with E-state index in [-0.39, 0.29) is 0 Å². The number of amides is 1. The summed E-state index contributed by atoms with van der Waals surface area (Å²) >= 11 is 0. The summed E-state index contributed by atoms with van der Waals surface area (Å²) in [5, 5.41) is 2.31. The van der Waals surface area contributed by atoms with Crippen molar-refractivity contribution >= 4 is 11.6 Å². The normalized spacial score (nSPS) is 12.1. The highest BCUT2D eigenvalue weighted by atomic mass is 19.1. The molecule has 0 fully saturated rings. The van der Waals surface area contributed by atoms with Crippen LogP contribution >= 0.6 is 0 Å². The van der Waals surface area contributed by atoms with Crippen LogP contribution in [0.1, 0.15) is 12.5 Å². The molecule has 2 aromatic rings. The highest BCUT2D eigenvalue weighted by Gasteiger charge is 2.21. The zero-order chi connectivity index (χ0) is 17.7. The Morgan fingerprint density at radius 2 is 1.79 bits per heavy atom. The number of rotatable bonds is 6. The molecule has 6 heteroatoms. The topological polar surface area (TPSA) is 41.6 Å². The quantitative estimate of drug-likeness (QED) is 0.880. The number of para-hydroxylation sites is 2. The predicted molar refractivity (Wildman–Crippen MR) is 88.9 cm³/mol. The number of carbonyl (C=O) groups is 1. The first-order valence-electron chi connectivity index (χ1n) is 7.51. The summed E-state index contributed by atoms with van der Waals surface area (Å²) in [4.78, 5) is 14.1. The van der Waals surface area contributed by atoms with Crippen LogP contribution in [0.2, 0.25) is 0 Å². The van der Waals surface area contributed by atoms with Crippen LogP contribution in [-0.2, 0) is 11.3 Å². The van der Waals surface area contributed by atoms with E-state index < -0.39 is 29.3 Å². The van der Waals surface area contributed by atoms with Crippen molar-refractivity contribution in [3.63, 3.8) is 0 Å². The molecule has 1 N–H and O–H groups in total. The van der Waals surface area contributed by atoms with E-state index in [1.54, 1.807) is 26.0 Å². The van der Waals surface area contributed by atoms with Gasteiger partial charge in [-0.3, -0.25) is 9.69 Å². The van der Waals surface area contributed by atoms with E-state index in [0.29, 0.717) is 6.54 Å². The second kappa shape index (κ2) is 7.88. The van der Waals surface area contributed by atoms with Gasteiger partial charge in [0.05, 0.1) is 13.2 Å². The number of benzene rings is 2. The van der Waals surface area contributed by atoms with Crippen LogP contribution in [0.25, 0.3) is 0 Å². The van der Waals surface area contributed by atoms with Crippen LogP contribution in [0.5, 0.6) is 5.75 Å². The number of hydrogen-bond donors (Lipinski definition) is 1. The molecule has 0 saturated heterocycles. The molecule has 0 aliphatic carbocycles. The van der Waals surface area contributed by atoms with Gasteiger partial charge in [0, 0.05) is 12.1 Å². The molecule has 24 heavy (non-hydrogen) atoms. The summed E-state index contributed by atoms with van der Waals surface area (Å²) in [6.07, 6.45) is 0. The second-order valence-corrected chi connectivity index (χ2v) is 5.49. The maximum Gasteiger partial charge on any atom is 0.241 e. The molecule has 0 aliphatic heterocycles. The third-order valence-corrected chi connectivity index (χ3v) is 3.86. The SMILES string of the molecule is COc1ccccc1CN(C)C(C)C(=O)Nc1c(F)cccc1F. The van der Waals surface area contributed by atoms with Gasteiger partial charge in [-0.2, -0.15) is 0 Å². The molecule has 0 spiro atoms. The van der Waals surface area contributed by atoms with Crippen molar-refractivity contribution in [1.82, 2.24) is 4.90 Å². The fraction of sp³-hybridized carbons (Fsp3) is 0.278. The van der Waals surface area contributed by atoms with Gasteiger partial charge in [-0.1, -0.05) is 24.3 Å². The molecule has 4 nitrogen and oxygen atoms in total. The van der Waals surface area contributed by atoms with Crippen LogP contribution in [0, 0.1) is 11.6 Å². The van der Waals surface area contributed by atoms with Gasteiger partial charge in [0.2, 0.25) is 5.91 Å². The van der Waals surface area contributed by atoms with Crippen LogP contribution in [0.15, 0.2) is 42.5 Å². The summed E-state index contributed by atoms with van der Waals surface area (Å²) in [6.45, 7) is 2.13. The van der Waals surface area contributed by atoms with Crippen molar-refractivity contribution in [3.8, 4) is 5.75 Å². The van der Waals surface area contributed by atoms with Gasteiger partial charge in [-0.05, 0) is 32.2 Å². The first kappa shape index (κ1) is 17.9. The maximum absolute atomic E-state index is 13.6. The van der Waals surface area contributed by atoms with E-state index in [9.17, 15) is 13.6 Å². The number of carbonyl (C=O) groups excluding carboxylic acids is 1. The molecule has 0 aliphatic rings. The minimum Gasteiger partial charge on any atom is -0.496 e. The van der Waals surface area contributed by atoms with Crippen molar-refractivity contribution in [2.24, 2.45) is 0 Å². The van der Waals surface area contributed by atoms with Crippen molar-refractivity contribution in [2.75, 3.05) is 19.5 Å². The lowest BCUT2D eigenvalue weighted by Gasteiger charge is -2.24. The number of ether oxygens (including phenoxy) is 1. The van der Waals surface area contributed by atoms with Crippen LogP contribution in [-0.4, -0.2) is 31.0 Å². The third-order valence-electron chi connectivity index (χ3n) is 3.86. The van der Waals surface area contributed by atoms with Crippen molar-refractivity contribution in [3.05, 3.63) is 59.7 Å². The Morgan fingerprint density at radius 1 is 1.17 bits per heavy atom. The number of anilines is 1. The second-order valence-electron chi connectivity index (χ2n) is 5.49. The number of methoxy groups -OCH3 is 1. The molecule has 0 saturated carbocycles. The number of nitrogens with one attached hydrogen (secondary N) is 1. The zero-order valence-corrected chi connectivity index (χ0v) is 13.8. The molecule has 1 amide bonds. The molecule has 1 atom stereocenters. The molecule has 128 valence electrons. The average molecular weight is 334 g/mol. The summed E-state index contributed by atoms with van der Waals surface area (Å²) < 4.78 is 32.6. The molecule has 0 aromatic heterocycles. The fourth-order valence-electron chi connectivity index (χ4n) is 2.28. The Kier molecular flexibility index (Phi) is 5.87. The largest absolute Gasteiger partial charge is 0.496 e. The van der Waals surface area contributed by atoms with E-state index in [2.05, 4.69) is 5.32 Å². The average Bonchev–Trinajstić information content (AvgIpc) is 2.57. The molecule has 2 aromatic carbocycles. The number of nitrogens with zero attached hydrogens (tertiary/aromatic N) is 1. The third kappa shape index (κ3) is 4.08. The lowest BCUT2D eigenvalue weighted by atomic mass is 10.1. The molecule has 2 rings (SSSR count). The fourth-order valence-corrected chi connectivity index (χ4v) is 2.28. The van der Waals surface area contributed by atoms with Gasteiger partial charge in [-0.15, -0.1) is 0 Å². The smallest absolute Gasteiger partial charge is 0.241 e. The summed E-state index contributed by atoms with van der Waals surface area (Å²) in [6, 6.07) is 10.3. The molecular weight excluding hydrogens is 314 g/mol. The van der Waals surface area contributed by atoms with Crippen molar-refractivity contribution < 1.29 is 18.3 Å². The van der Waals surface area contributed by atoms with E-state index in [4.69, 9.17) is 4.74 Å². The van der Waals surface area contributed by atoms with Crippen LogP contribution in [0.4, 0.5) is 14.5 Å². The Hall–Kier alpha value is -2.47. The van der Waals surface area contributed by atoms with Gasteiger partial charge in [0.25, 0.3) is 0 Å². The first-order valence-corrected chi connectivity index (χ1v) is 7.51. The van der Waals surface area contributed by atoms with E-state index in [1.807, 2.05) is 24.3 Å². The van der Waals surface area contributed by atoms with Gasteiger partial charge in [0.1, 0.15) is 23.1 Å². The highest BCUT2D eigenvalue weighted by Crippen LogP contribution is 2.21. The van der Waals surface area contributed by atoms with Crippen LogP contribution in [0.3, 0.4) is 0 Å². The standard InChI is InChI=1S/C18H20F2N2O2/c1-12(18(23)21-17-14(19)8-6-9-15(17)20)22(2)11-13-7-4-5-10-16(13)24-3/h4-10,12H,11H2,1-3H3,(H,21,23). The Bertz CT molecular complexity index is 702. The maximum atomic E-state index is 13.6. The summed E-state index contributed by atoms with van der Waals surface area (Å²) in [5.41, 5.74) is 0.485. The van der Waals surface area contributed by atoms with E-state index >= 15 is 0 Å².